The summed E-state index contributed by atoms with van der Waals surface area (Å²) in [6, 6.07) is 13.0. The fourth-order valence-electron chi connectivity index (χ4n) is 2.25. The van der Waals surface area contributed by atoms with Crippen LogP contribution in [0.3, 0.4) is 0 Å². The number of anilines is 2. The SMILES string of the molecule is CCOC(=O)/C(C#N)=C/Nc1ccc(S(=O)(=O)Nc2ccc(C)c(C)c2)cc1. The Bertz CT molecular complexity index is 1040. The van der Waals surface area contributed by atoms with E-state index in [-0.39, 0.29) is 17.1 Å². The zero-order valence-electron chi connectivity index (χ0n) is 15.8. The third kappa shape index (κ3) is 5.34. The maximum atomic E-state index is 12.5. The molecule has 0 aromatic heterocycles. The van der Waals surface area contributed by atoms with Crippen molar-refractivity contribution in [3.63, 3.8) is 0 Å². The number of benzene rings is 2. The summed E-state index contributed by atoms with van der Waals surface area (Å²) in [6.45, 7) is 5.67. The minimum absolute atomic E-state index is 0.0890. The maximum absolute atomic E-state index is 12.5. The third-order valence-corrected chi connectivity index (χ3v) is 5.32. The molecule has 2 N–H and O–H groups in total. The first kappa shape index (κ1) is 21.0. The molecule has 0 amide bonds. The highest BCUT2D eigenvalue weighted by Gasteiger charge is 2.14. The third-order valence-electron chi connectivity index (χ3n) is 3.92. The molecule has 0 spiro atoms. The van der Waals surface area contributed by atoms with Crippen LogP contribution in [0.5, 0.6) is 0 Å². The minimum atomic E-state index is -3.74. The van der Waals surface area contributed by atoms with Crippen LogP contribution in [0.4, 0.5) is 11.4 Å². The predicted molar refractivity (Wildman–Crippen MR) is 107 cm³/mol. The van der Waals surface area contributed by atoms with E-state index in [0.29, 0.717) is 11.4 Å². The number of aryl methyl sites for hydroxylation is 2. The summed E-state index contributed by atoms with van der Waals surface area (Å²) < 4.78 is 32.4. The first-order valence-corrected chi connectivity index (χ1v) is 9.99. The molecular formula is C20H21N3O4S. The Labute approximate surface area is 164 Å². The van der Waals surface area contributed by atoms with Gasteiger partial charge in [0.05, 0.1) is 11.5 Å². The standard InChI is InChI=1S/C20H21N3O4S/c1-4-27-20(24)16(12-21)13-22-17-7-9-19(10-8-17)28(25,26)23-18-6-5-14(2)15(3)11-18/h5-11,13,22-23H,4H2,1-3H3/b16-13+. The largest absolute Gasteiger partial charge is 0.462 e. The summed E-state index contributed by atoms with van der Waals surface area (Å²) in [5, 5.41) is 11.8. The molecule has 0 radical (unpaired) electrons. The summed E-state index contributed by atoms with van der Waals surface area (Å²) in [5.41, 5.74) is 2.88. The number of ether oxygens (including phenoxy) is 1. The lowest BCUT2D eigenvalue weighted by molar-refractivity contribution is -0.138. The van der Waals surface area contributed by atoms with Gasteiger partial charge in [-0.2, -0.15) is 5.26 Å². The Balaban J connectivity index is 2.13. The molecule has 2 aromatic carbocycles. The molecule has 2 rings (SSSR count). The van der Waals surface area contributed by atoms with E-state index in [9.17, 15) is 13.2 Å². The number of nitrogens with one attached hydrogen (secondary N) is 2. The molecule has 0 atom stereocenters. The van der Waals surface area contributed by atoms with Gasteiger partial charge in [0, 0.05) is 17.6 Å². The molecule has 0 saturated heterocycles. The molecule has 0 fully saturated rings. The molecule has 0 aliphatic carbocycles. The minimum Gasteiger partial charge on any atom is -0.462 e. The summed E-state index contributed by atoms with van der Waals surface area (Å²) in [6.07, 6.45) is 1.22. The van der Waals surface area contributed by atoms with Gasteiger partial charge in [-0.1, -0.05) is 6.07 Å². The van der Waals surface area contributed by atoms with Crippen LogP contribution < -0.4 is 10.0 Å². The van der Waals surface area contributed by atoms with Gasteiger partial charge < -0.3 is 10.1 Å². The summed E-state index contributed by atoms with van der Waals surface area (Å²) in [7, 11) is -3.74. The van der Waals surface area contributed by atoms with E-state index in [1.54, 1.807) is 25.1 Å². The van der Waals surface area contributed by atoms with Gasteiger partial charge in [0.25, 0.3) is 10.0 Å². The molecule has 28 heavy (non-hydrogen) atoms. The average Bonchev–Trinajstić information content (AvgIpc) is 2.65. The highest BCUT2D eigenvalue weighted by atomic mass is 32.2. The Kier molecular flexibility index (Phi) is 6.79. The number of nitrogens with zero attached hydrogens (tertiary/aromatic N) is 1. The van der Waals surface area contributed by atoms with Crippen LogP contribution in [-0.2, 0) is 19.6 Å². The molecule has 0 unspecified atom stereocenters. The van der Waals surface area contributed by atoms with Crippen LogP contribution in [0.15, 0.2) is 59.1 Å². The van der Waals surface area contributed by atoms with E-state index in [2.05, 4.69) is 10.0 Å². The van der Waals surface area contributed by atoms with Gasteiger partial charge >= 0.3 is 5.97 Å². The number of hydrogen-bond acceptors (Lipinski definition) is 6. The number of sulfonamides is 1. The summed E-state index contributed by atoms with van der Waals surface area (Å²) >= 11 is 0. The van der Waals surface area contributed by atoms with E-state index < -0.39 is 16.0 Å². The average molecular weight is 399 g/mol. The van der Waals surface area contributed by atoms with Crippen LogP contribution in [0, 0.1) is 25.2 Å². The maximum Gasteiger partial charge on any atom is 0.350 e. The summed E-state index contributed by atoms with van der Waals surface area (Å²) in [5.74, 6) is -0.728. The second kappa shape index (κ2) is 9.06. The first-order valence-electron chi connectivity index (χ1n) is 8.51. The summed E-state index contributed by atoms with van der Waals surface area (Å²) in [4.78, 5) is 11.6. The van der Waals surface area contributed by atoms with Crippen molar-refractivity contribution in [3.8, 4) is 6.07 Å². The lowest BCUT2D eigenvalue weighted by atomic mass is 10.1. The van der Waals surface area contributed by atoms with Crippen molar-refractivity contribution < 1.29 is 17.9 Å². The van der Waals surface area contributed by atoms with Crippen LogP contribution in [0.2, 0.25) is 0 Å². The fraction of sp³-hybridized carbons (Fsp3) is 0.200. The molecule has 0 bridgehead atoms. The second-order valence-corrected chi connectivity index (χ2v) is 7.65. The topological polar surface area (TPSA) is 108 Å². The lowest BCUT2D eigenvalue weighted by Gasteiger charge is -2.10. The quantitative estimate of drug-likeness (QED) is 0.419. The van der Waals surface area contributed by atoms with Gasteiger partial charge in [-0.25, -0.2) is 13.2 Å². The van der Waals surface area contributed by atoms with Crippen LogP contribution >= 0.6 is 0 Å². The van der Waals surface area contributed by atoms with Crippen LogP contribution in [0.25, 0.3) is 0 Å². The molecule has 0 saturated carbocycles. The zero-order chi connectivity index (χ0) is 20.7. The highest BCUT2D eigenvalue weighted by molar-refractivity contribution is 7.92. The normalized spacial score (nSPS) is 11.4. The van der Waals surface area contributed by atoms with Crippen molar-refractivity contribution >= 4 is 27.4 Å². The smallest absolute Gasteiger partial charge is 0.350 e. The van der Waals surface area contributed by atoms with Gasteiger partial charge in [-0.15, -0.1) is 0 Å². The van der Waals surface area contributed by atoms with Crippen molar-refractivity contribution in [2.45, 2.75) is 25.7 Å². The van der Waals surface area contributed by atoms with E-state index in [0.717, 1.165) is 11.1 Å². The molecule has 0 aliphatic rings. The first-order chi connectivity index (χ1) is 13.3. The molecule has 8 heteroatoms. The van der Waals surface area contributed by atoms with Crippen molar-refractivity contribution in [1.82, 2.24) is 0 Å². The Morgan fingerprint density at radius 2 is 1.75 bits per heavy atom. The fourth-order valence-corrected chi connectivity index (χ4v) is 3.30. The molecule has 7 nitrogen and oxygen atoms in total. The van der Waals surface area contributed by atoms with E-state index in [1.807, 2.05) is 19.9 Å². The monoisotopic (exact) mass is 399 g/mol. The van der Waals surface area contributed by atoms with Crippen LogP contribution in [0.1, 0.15) is 18.1 Å². The highest BCUT2D eigenvalue weighted by Crippen LogP contribution is 2.20. The number of carbonyl (C=O) groups is 1. The van der Waals surface area contributed by atoms with Gasteiger partial charge in [-0.05, 0) is 68.3 Å². The van der Waals surface area contributed by atoms with E-state index in [4.69, 9.17) is 10.00 Å². The van der Waals surface area contributed by atoms with Crippen molar-refractivity contribution in [2.24, 2.45) is 0 Å². The number of hydrogen-bond donors (Lipinski definition) is 2. The molecule has 2 aromatic rings. The van der Waals surface area contributed by atoms with Gasteiger partial charge in [-0.3, -0.25) is 4.72 Å². The molecule has 0 aliphatic heterocycles. The van der Waals surface area contributed by atoms with Crippen molar-refractivity contribution in [2.75, 3.05) is 16.6 Å². The van der Waals surface area contributed by atoms with Crippen molar-refractivity contribution in [1.29, 1.82) is 5.26 Å². The van der Waals surface area contributed by atoms with Crippen LogP contribution in [-0.4, -0.2) is 21.0 Å². The van der Waals surface area contributed by atoms with Gasteiger partial charge in [0.2, 0.25) is 0 Å². The molecular weight excluding hydrogens is 378 g/mol. The number of nitriles is 1. The predicted octanol–water partition coefficient (Wildman–Crippen LogP) is 3.49. The number of esters is 1. The Morgan fingerprint density at radius 1 is 1.11 bits per heavy atom. The molecule has 0 heterocycles. The van der Waals surface area contributed by atoms with E-state index >= 15 is 0 Å². The zero-order valence-corrected chi connectivity index (χ0v) is 16.6. The second-order valence-electron chi connectivity index (χ2n) is 5.96. The Hall–Kier alpha value is -3.31. The van der Waals surface area contributed by atoms with Gasteiger partial charge in [0.15, 0.2) is 5.57 Å². The Morgan fingerprint density at radius 3 is 2.32 bits per heavy atom. The lowest BCUT2D eigenvalue weighted by Crippen LogP contribution is -2.13. The van der Waals surface area contributed by atoms with Crippen molar-refractivity contribution in [3.05, 3.63) is 65.4 Å². The number of rotatable bonds is 7. The number of carbonyl (C=O) groups excluding carboxylic acids is 1. The van der Waals surface area contributed by atoms with Gasteiger partial charge in [0.1, 0.15) is 6.07 Å². The molecule has 146 valence electrons. The van der Waals surface area contributed by atoms with E-state index in [1.165, 1.54) is 30.5 Å².